The molecule has 2 aromatic carbocycles. The van der Waals surface area contributed by atoms with Gasteiger partial charge < -0.3 is 9.88 Å². The first-order chi connectivity index (χ1) is 13.3. The van der Waals surface area contributed by atoms with E-state index >= 15 is 0 Å². The molecule has 1 aliphatic rings. The quantitative estimate of drug-likeness (QED) is 0.684. The van der Waals surface area contributed by atoms with E-state index in [4.69, 9.17) is 0 Å². The van der Waals surface area contributed by atoms with E-state index < -0.39 is 0 Å². The van der Waals surface area contributed by atoms with Crippen LogP contribution in [-0.4, -0.2) is 53.4 Å². The van der Waals surface area contributed by atoms with Crippen molar-refractivity contribution in [1.29, 1.82) is 0 Å². The predicted octanol–water partition coefficient (Wildman–Crippen LogP) is 3.47. The molecule has 1 aromatic heterocycles. The van der Waals surface area contributed by atoms with Crippen LogP contribution >= 0.6 is 0 Å². The maximum atomic E-state index is 12.5. The number of hydrogen-bond acceptors (Lipinski definition) is 4. The standard InChI is InChI=1S/C22H24N4O/c27-21(20-17-23-22(24-20)18-7-3-1-4-8-18)11-12-25-13-15-26(16-14-25)19-9-5-2-6-10-19/h1-10,17H,11-16H2,(H,23,24). The van der Waals surface area contributed by atoms with E-state index in [0.29, 0.717) is 12.1 Å². The van der Waals surface area contributed by atoms with Crippen LogP contribution in [0.15, 0.2) is 66.9 Å². The molecule has 0 radical (unpaired) electrons. The number of hydrogen-bond donors (Lipinski definition) is 1. The summed E-state index contributed by atoms with van der Waals surface area (Å²) in [4.78, 5) is 24.8. The zero-order valence-electron chi connectivity index (χ0n) is 15.3. The van der Waals surface area contributed by atoms with E-state index in [-0.39, 0.29) is 5.78 Å². The number of aromatic nitrogens is 2. The SMILES string of the molecule is O=C(CCN1CCN(c2ccccc2)CC1)c1cnc(-c2ccccc2)[nH]1. The van der Waals surface area contributed by atoms with Gasteiger partial charge in [0.05, 0.1) is 6.20 Å². The number of carbonyl (C=O) groups is 1. The Morgan fingerprint density at radius 2 is 1.59 bits per heavy atom. The van der Waals surface area contributed by atoms with Gasteiger partial charge in [-0.15, -0.1) is 0 Å². The van der Waals surface area contributed by atoms with Crippen LogP contribution < -0.4 is 4.90 Å². The summed E-state index contributed by atoms with van der Waals surface area (Å²) in [6.45, 7) is 4.77. The Kier molecular flexibility index (Phi) is 5.30. The van der Waals surface area contributed by atoms with Crippen molar-refractivity contribution >= 4 is 11.5 Å². The third-order valence-corrected chi connectivity index (χ3v) is 5.07. The average molecular weight is 360 g/mol. The number of imidazole rings is 1. The van der Waals surface area contributed by atoms with Crippen LogP contribution in [0.3, 0.4) is 0 Å². The fraction of sp³-hybridized carbons (Fsp3) is 0.273. The second kappa shape index (κ2) is 8.18. The summed E-state index contributed by atoms with van der Waals surface area (Å²) in [5.74, 6) is 0.866. The minimum Gasteiger partial charge on any atom is -0.369 e. The lowest BCUT2D eigenvalue weighted by atomic mass is 10.2. The number of rotatable bonds is 6. The van der Waals surface area contributed by atoms with Gasteiger partial charge in [-0.3, -0.25) is 9.69 Å². The third-order valence-electron chi connectivity index (χ3n) is 5.07. The molecule has 1 N–H and O–H groups in total. The summed E-state index contributed by atoms with van der Waals surface area (Å²) in [7, 11) is 0. The molecule has 5 heteroatoms. The highest BCUT2D eigenvalue weighted by Crippen LogP contribution is 2.17. The van der Waals surface area contributed by atoms with Gasteiger partial charge in [0.25, 0.3) is 0 Å². The molecule has 1 fully saturated rings. The summed E-state index contributed by atoms with van der Waals surface area (Å²) in [5.41, 5.74) is 2.87. The molecular weight excluding hydrogens is 336 g/mol. The van der Waals surface area contributed by atoms with Crippen molar-refractivity contribution in [2.24, 2.45) is 0 Å². The van der Waals surface area contributed by atoms with E-state index in [1.807, 2.05) is 36.4 Å². The molecule has 0 bridgehead atoms. The minimum atomic E-state index is 0.121. The summed E-state index contributed by atoms with van der Waals surface area (Å²) in [5, 5.41) is 0. The smallest absolute Gasteiger partial charge is 0.181 e. The second-order valence-electron chi connectivity index (χ2n) is 6.85. The topological polar surface area (TPSA) is 52.2 Å². The molecule has 0 spiro atoms. The predicted molar refractivity (Wildman–Crippen MR) is 108 cm³/mol. The minimum absolute atomic E-state index is 0.121. The van der Waals surface area contributed by atoms with Gasteiger partial charge in [-0.1, -0.05) is 48.5 Å². The van der Waals surface area contributed by atoms with Crippen LogP contribution in [-0.2, 0) is 0 Å². The van der Waals surface area contributed by atoms with Crippen molar-refractivity contribution in [1.82, 2.24) is 14.9 Å². The summed E-state index contributed by atoms with van der Waals surface area (Å²) in [6, 6.07) is 20.4. The first kappa shape index (κ1) is 17.5. The lowest BCUT2D eigenvalue weighted by molar-refractivity contribution is 0.0958. The number of nitrogens with one attached hydrogen (secondary N) is 1. The molecule has 0 atom stereocenters. The van der Waals surface area contributed by atoms with E-state index in [1.165, 1.54) is 5.69 Å². The van der Waals surface area contributed by atoms with Gasteiger partial charge in [-0.2, -0.15) is 0 Å². The normalized spacial score (nSPS) is 15.0. The molecule has 27 heavy (non-hydrogen) atoms. The zero-order chi connectivity index (χ0) is 18.5. The maximum absolute atomic E-state index is 12.5. The van der Waals surface area contributed by atoms with Gasteiger partial charge in [-0.05, 0) is 12.1 Å². The Morgan fingerprint density at radius 3 is 2.30 bits per heavy atom. The molecular formula is C22H24N4O. The maximum Gasteiger partial charge on any atom is 0.181 e. The van der Waals surface area contributed by atoms with Gasteiger partial charge in [0.1, 0.15) is 11.5 Å². The Hall–Kier alpha value is -2.92. The Bertz CT molecular complexity index is 868. The molecule has 4 rings (SSSR count). The lowest BCUT2D eigenvalue weighted by Gasteiger charge is -2.36. The van der Waals surface area contributed by atoms with E-state index in [1.54, 1.807) is 6.20 Å². The number of para-hydroxylation sites is 1. The molecule has 138 valence electrons. The van der Waals surface area contributed by atoms with Crippen LogP contribution in [0.5, 0.6) is 0 Å². The van der Waals surface area contributed by atoms with Gasteiger partial charge >= 0.3 is 0 Å². The molecule has 5 nitrogen and oxygen atoms in total. The van der Waals surface area contributed by atoms with Crippen LogP contribution in [0.2, 0.25) is 0 Å². The largest absolute Gasteiger partial charge is 0.369 e. The highest BCUT2D eigenvalue weighted by atomic mass is 16.1. The van der Waals surface area contributed by atoms with Crippen LogP contribution in [0, 0.1) is 0 Å². The highest BCUT2D eigenvalue weighted by molar-refractivity contribution is 5.94. The lowest BCUT2D eigenvalue weighted by Crippen LogP contribution is -2.46. The first-order valence-electron chi connectivity index (χ1n) is 9.45. The fourth-order valence-corrected chi connectivity index (χ4v) is 3.47. The molecule has 0 aliphatic carbocycles. The van der Waals surface area contributed by atoms with Crippen molar-refractivity contribution in [2.75, 3.05) is 37.6 Å². The number of nitrogens with zero attached hydrogens (tertiary/aromatic N) is 3. The van der Waals surface area contributed by atoms with Crippen molar-refractivity contribution in [3.8, 4) is 11.4 Å². The van der Waals surface area contributed by atoms with Crippen LogP contribution in [0.1, 0.15) is 16.9 Å². The highest BCUT2D eigenvalue weighted by Gasteiger charge is 2.18. The number of H-pyrrole nitrogens is 1. The van der Waals surface area contributed by atoms with Crippen molar-refractivity contribution in [2.45, 2.75) is 6.42 Å². The molecule has 1 aliphatic heterocycles. The van der Waals surface area contributed by atoms with Gasteiger partial charge in [-0.25, -0.2) is 4.98 Å². The molecule has 0 amide bonds. The number of benzene rings is 2. The average Bonchev–Trinajstić information content (AvgIpc) is 3.24. The second-order valence-corrected chi connectivity index (χ2v) is 6.85. The summed E-state index contributed by atoms with van der Waals surface area (Å²) < 4.78 is 0. The molecule has 3 aromatic rings. The number of carbonyl (C=O) groups excluding carboxylic acids is 1. The Balaban J connectivity index is 1.27. The molecule has 0 unspecified atom stereocenters. The monoisotopic (exact) mass is 360 g/mol. The molecule has 1 saturated heterocycles. The van der Waals surface area contributed by atoms with Crippen LogP contribution in [0.25, 0.3) is 11.4 Å². The van der Waals surface area contributed by atoms with Gasteiger partial charge in [0.15, 0.2) is 5.78 Å². The third kappa shape index (κ3) is 4.26. The number of Topliss-reactive ketones (excluding diaryl/α,β-unsaturated/α-hetero) is 1. The molecule has 0 saturated carbocycles. The van der Waals surface area contributed by atoms with Gasteiger partial charge in [0, 0.05) is 50.4 Å². The van der Waals surface area contributed by atoms with Crippen LogP contribution in [0.4, 0.5) is 5.69 Å². The Labute approximate surface area is 159 Å². The summed E-state index contributed by atoms with van der Waals surface area (Å²) >= 11 is 0. The summed E-state index contributed by atoms with van der Waals surface area (Å²) in [6.07, 6.45) is 2.17. The van der Waals surface area contributed by atoms with Crippen molar-refractivity contribution < 1.29 is 4.79 Å². The van der Waals surface area contributed by atoms with E-state index in [0.717, 1.165) is 44.1 Å². The number of aromatic amines is 1. The number of piperazine rings is 1. The number of anilines is 1. The van der Waals surface area contributed by atoms with Crippen molar-refractivity contribution in [3.63, 3.8) is 0 Å². The molecule has 2 heterocycles. The Morgan fingerprint density at radius 1 is 0.926 bits per heavy atom. The van der Waals surface area contributed by atoms with Gasteiger partial charge in [0.2, 0.25) is 0 Å². The van der Waals surface area contributed by atoms with Crippen molar-refractivity contribution in [3.05, 3.63) is 72.6 Å². The van der Waals surface area contributed by atoms with E-state index in [9.17, 15) is 4.79 Å². The first-order valence-corrected chi connectivity index (χ1v) is 9.45. The number of ketones is 1. The van der Waals surface area contributed by atoms with E-state index in [2.05, 4.69) is 44.0 Å². The zero-order valence-corrected chi connectivity index (χ0v) is 15.3. The fourth-order valence-electron chi connectivity index (χ4n) is 3.47.